The first-order chi connectivity index (χ1) is 13.1. The van der Waals surface area contributed by atoms with E-state index in [1.54, 1.807) is 35.5 Å². The van der Waals surface area contributed by atoms with E-state index in [-0.39, 0.29) is 18.0 Å². The number of hydrogen-bond acceptors (Lipinski definition) is 4. The number of pyridine rings is 1. The van der Waals surface area contributed by atoms with Crippen LogP contribution in [0.4, 0.5) is 10.5 Å². The predicted octanol–water partition coefficient (Wildman–Crippen LogP) is 2.05. The molecule has 2 fully saturated rings. The Morgan fingerprint density at radius 2 is 2.11 bits per heavy atom. The van der Waals surface area contributed by atoms with Crippen LogP contribution < -0.4 is 15.5 Å². The lowest BCUT2D eigenvalue weighted by Crippen LogP contribution is -2.48. The summed E-state index contributed by atoms with van der Waals surface area (Å²) in [6, 6.07) is 8.66. The van der Waals surface area contributed by atoms with Crippen LogP contribution in [0.2, 0.25) is 5.02 Å². The third-order valence-electron chi connectivity index (χ3n) is 4.91. The number of anilines is 1. The van der Waals surface area contributed by atoms with Crippen LogP contribution in [0.25, 0.3) is 0 Å². The Morgan fingerprint density at radius 1 is 1.22 bits per heavy atom. The van der Waals surface area contributed by atoms with Crippen LogP contribution in [0.3, 0.4) is 0 Å². The molecular formula is C19H20ClN5O2. The molecule has 2 aromatic rings. The van der Waals surface area contributed by atoms with Gasteiger partial charge in [-0.3, -0.25) is 14.7 Å². The van der Waals surface area contributed by atoms with E-state index >= 15 is 0 Å². The summed E-state index contributed by atoms with van der Waals surface area (Å²) in [6.07, 6.45) is 3.51. The van der Waals surface area contributed by atoms with Crippen LogP contribution in [0.15, 0.2) is 42.7 Å². The molecule has 27 heavy (non-hydrogen) atoms. The first kappa shape index (κ1) is 17.8. The highest BCUT2D eigenvalue weighted by Gasteiger charge is 2.30. The SMILES string of the molecule is O=C1NCCN1c1cc(C(=O)N2CCNCC2c2cccnc2)ccc1Cl. The van der Waals surface area contributed by atoms with Gasteiger partial charge in [0.2, 0.25) is 0 Å². The number of aromatic nitrogens is 1. The van der Waals surface area contributed by atoms with Gasteiger partial charge in [-0.15, -0.1) is 0 Å². The third-order valence-corrected chi connectivity index (χ3v) is 5.23. The van der Waals surface area contributed by atoms with Crippen LogP contribution in [0, 0.1) is 0 Å². The van der Waals surface area contributed by atoms with Gasteiger partial charge in [0.1, 0.15) is 0 Å². The number of nitrogens with zero attached hydrogens (tertiary/aromatic N) is 3. The Kier molecular flexibility index (Phi) is 4.96. The van der Waals surface area contributed by atoms with Crippen molar-refractivity contribution in [2.45, 2.75) is 6.04 Å². The highest BCUT2D eigenvalue weighted by molar-refractivity contribution is 6.34. The van der Waals surface area contributed by atoms with Crippen LogP contribution >= 0.6 is 11.6 Å². The summed E-state index contributed by atoms with van der Waals surface area (Å²) in [5.41, 5.74) is 2.07. The molecule has 1 unspecified atom stereocenters. The standard InChI is InChI=1S/C19H20ClN5O2/c20-15-4-3-13(10-16(15)25-9-7-23-19(25)27)18(26)24-8-6-22-12-17(24)14-2-1-5-21-11-14/h1-5,10-11,17,22H,6-9,12H2,(H,23,27). The summed E-state index contributed by atoms with van der Waals surface area (Å²) in [5.74, 6) is -0.0807. The molecule has 7 nitrogen and oxygen atoms in total. The maximum Gasteiger partial charge on any atom is 0.322 e. The van der Waals surface area contributed by atoms with Gasteiger partial charge in [0, 0.05) is 50.7 Å². The molecule has 4 rings (SSSR count). The quantitative estimate of drug-likeness (QED) is 0.847. The third kappa shape index (κ3) is 3.48. The summed E-state index contributed by atoms with van der Waals surface area (Å²) >= 11 is 6.29. The van der Waals surface area contributed by atoms with Crippen molar-refractivity contribution in [3.8, 4) is 0 Å². The average molecular weight is 386 g/mol. The normalized spacial score (nSPS) is 19.9. The zero-order valence-electron chi connectivity index (χ0n) is 14.7. The Labute approximate surface area is 162 Å². The van der Waals surface area contributed by atoms with Crippen LogP contribution in [-0.2, 0) is 0 Å². The van der Waals surface area contributed by atoms with E-state index in [2.05, 4.69) is 15.6 Å². The van der Waals surface area contributed by atoms with E-state index < -0.39 is 0 Å². The Balaban J connectivity index is 1.64. The molecule has 8 heteroatoms. The smallest absolute Gasteiger partial charge is 0.322 e. The van der Waals surface area contributed by atoms with E-state index in [0.717, 1.165) is 12.1 Å². The van der Waals surface area contributed by atoms with Crippen LogP contribution in [0.5, 0.6) is 0 Å². The van der Waals surface area contributed by atoms with Crippen LogP contribution in [-0.4, -0.2) is 54.5 Å². The molecule has 2 saturated heterocycles. The maximum absolute atomic E-state index is 13.3. The van der Waals surface area contributed by atoms with Gasteiger partial charge in [0.25, 0.3) is 5.91 Å². The van der Waals surface area contributed by atoms with Gasteiger partial charge >= 0.3 is 6.03 Å². The summed E-state index contributed by atoms with van der Waals surface area (Å²) in [6.45, 7) is 3.10. The maximum atomic E-state index is 13.3. The fourth-order valence-corrected chi connectivity index (χ4v) is 3.76. The molecule has 0 spiro atoms. The number of nitrogens with one attached hydrogen (secondary N) is 2. The van der Waals surface area contributed by atoms with Gasteiger partial charge in [0.15, 0.2) is 0 Å². The van der Waals surface area contributed by atoms with Gasteiger partial charge in [-0.2, -0.15) is 0 Å². The molecule has 1 aromatic heterocycles. The summed E-state index contributed by atoms with van der Waals surface area (Å²) in [7, 11) is 0. The van der Waals surface area contributed by atoms with Gasteiger partial charge in [0.05, 0.1) is 16.8 Å². The molecule has 3 amide bonds. The average Bonchev–Trinajstić information content (AvgIpc) is 3.14. The molecule has 0 bridgehead atoms. The van der Waals surface area contributed by atoms with Crippen molar-refractivity contribution in [3.05, 3.63) is 58.9 Å². The number of urea groups is 1. The van der Waals surface area contributed by atoms with Crippen molar-refractivity contribution in [1.29, 1.82) is 0 Å². The Bertz CT molecular complexity index is 860. The molecule has 2 N–H and O–H groups in total. The van der Waals surface area contributed by atoms with Crippen molar-refractivity contribution in [1.82, 2.24) is 20.5 Å². The highest BCUT2D eigenvalue weighted by atomic mass is 35.5. The Hall–Kier alpha value is -2.64. The number of benzene rings is 1. The number of hydrogen-bond donors (Lipinski definition) is 2. The van der Waals surface area contributed by atoms with Crippen molar-refractivity contribution >= 4 is 29.2 Å². The minimum Gasteiger partial charge on any atom is -0.336 e. The van der Waals surface area contributed by atoms with E-state index in [1.165, 1.54) is 0 Å². The summed E-state index contributed by atoms with van der Waals surface area (Å²) in [5, 5.41) is 6.54. The second kappa shape index (κ2) is 7.54. The predicted molar refractivity (Wildman–Crippen MR) is 103 cm³/mol. The van der Waals surface area contributed by atoms with Gasteiger partial charge in [-0.05, 0) is 29.8 Å². The molecule has 1 aromatic carbocycles. The van der Waals surface area contributed by atoms with Crippen molar-refractivity contribution in [2.24, 2.45) is 0 Å². The molecule has 0 aliphatic carbocycles. The molecule has 2 aliphatic rings. The number of carbonyl (C=O) groups excluding carboxylic acids is 2. The first-order valence-corrected chi connectivity index (χ1v) is 9.29. The number of piperazine rings is 1. The van der Waals surface area contributed by atoms with Crippen molar-refractivity contribution < 1.29 is 9.59 Å². The monoisotopic (exact) mass is 385 g/mol. The van der Waals surface area contributed by atoms with Gasteiger partial charge < -0.3 is 15.5 Å². The van der Waals surface area contributed by atoms with Crippen molar-refractivity contribution in [3.63, 3.8) is 0 Å². The number of rotatable bonds is 3. The van der Waals surface area contributed by atoms with Crippen LogP contribution in [0.1, 0.15) is 22.0 Å². The second-order valence-electron chi connectivity index (χ2n) is 6.55. The first-order valence-electron chi connectivity index (χ1n) is 8.91. The lowest BCUT2D eigenvalue weighted by Gasteiger charge is -2.36. The lowest BCUT2D eigenvalue weighted by molar-refractivity contribution is 0.0634. The van der Waals surface area contributed by atoms with E-state index in [0.29, 0.717) is 42.5 Å². The highest BCUT2D eigenvalue weighted by Crippen LogP contribution is 2.30. The fourth-order valence-electron chi connectivity index (χ4n) is 3.54. The minimum absolute atomic E-state index is 0.0807. The van der Waals surface area contributed by atoms with E-state index in [9.17, 15) is 9.59 Å². The zero-order valence-corrected chi connectivity index (χ0v) is 15.4. The summed E-state index contributed by atoms with van der Waals surface area (Å²) in [4.78, 5) is 32.8. The van der Waals surface area contributed by atoms with Gasteiger partial charge in [-0.1, -0.05) is 17.7 Å². The number of carbonyl (C=O) groups is 2. The minimum atomic E-state index is -0.197. The fraction of sp³-hybridized carbons (Fsp3) is 0.316. The molecule has 2 aliphatic heterocycles. The lowest BCUT2D eigenvalue weighted by atomic mass is 10.0. The topological polar surface area (TPSA) is 77.6 Å². The molecule has 0 radical (unpaired) electrons. The molecule has 3 heterocycles. The van der Waals surface area contributed by atoms with E-state index in [4.69, 9.17) is 11.6 Å². The van der Waals surface area contributed by atoms with Crippen molar-refractivity contribution in [2.75, 3.05) is 37.6 Å². The molecule has 140 valence electrons. The second-order valence-corrected chi connectivity index (χ2v) is 6.96. The summed E-state index contributed by atoms with van der Waals surface area (Å²) < 4.78 is 0. The zero-order chi connectivity index (χ0) is 18.8. The Morgan fingerprint density at radius 3 is 2.85 bits per heavy atom. The molecule has 0 saturated carbocycles. The van der Waals surface area contributed by atoms with E-state index in [1.807, 2.05) is 17.0 Å². The number of amides is 3. The number of halogens is 1. The molecule has 1 atom stereocenters. The largest absolute Gasteiger partial charge is 0.336 e. The molecular weight excluding hydrogens is 366 g/mol. The van der Waals surface area contributed by atoms with Gasteiger partial charge in [-0.25, -0.2) is 4.79 Å².